The molecule has 0 aliphatic heterocycles. The number of hydrogen-bond acceptors (Lipinski definition) is 1. The van der Waals surface area contributed by atoms with Crippen molar-refractivity contribution >= 4 is 11.0 Å². The molecule has 0 bridgehead atoms. The molecule has 0 saturated heterocycles. The third-order valence-electron chi connectivity index (χ3n) is 3.39. The molecule has 0 spiro atoms. The fourth-order valence-electron chi connectivity index (χ4n) is 2.20. The number of allylic oxidation sites excluding steroid dienone is 3. The first-order chi connectivity index (χ1) is 9.48. The lowest BCUT2D eigenvalue weighted by Gasteiger charge is -2.29. The number of hydrogen-bond donors (Lipinski definition) is 1. The summed E-state index contributed by atoms with van der Waals surface area (Å²) in [6.45, 7) is 5.98. The van der Waals surface area contributed by atoms with E-state index in [1.54, 1.807) is 0 Å². The maximum Gasteiger partial charge on any atom is 0.0976 e. The third-order valence-corrected chi connectivity index (χ3v) is 4.97. The number of rotatable bonds is 4. The van der Waals surface area contributed by atoms with Gasteiger partial charge in [-0.15, -0.1) is 0 Å². The highest BCUT2D eigenvalue weighted by molar-refractivity contribution is 7.84. The SMILES string of the molecule is CC(C)(C)[S@](=O)N[C@H](c1ccccc1)[C@H]1C=CC=CC1. The molecule has 1 aromatic rings. The van der Waals surface area contributed by atoms with Crippen LogP contribution >= 0.6 is 0 Å². The zero-order valence-electron chi connectivity index (χ0n) is 12.4. The molecular formula is C17H23NOS. The Hall–Kier alpha value is -1.19. The molecule has 0 unspecified atom stereocenters. The lowest BCUT2D eigenvalue weighted by molar-refractivity contribution is 0.482. The van der Waals surface area contributed by atoms with Gasteiger partial charge < -0.3 is 0 Å². The van der Waals surface area contributed by atoms with Crippen molar-refractivity contribution in [2.45, 2.75) is 38.0 Å². The molecule has 0 radical (unpaired) electrons. The van der Waals surface area contributed by atoms with Gasteiger partial charge in [0.05, 0.1) is 21.8 Å². The van der Waals surface area contributed by atoms with E-state index in [2.05, 4.69) is 41.2 Å². The van der Waals surface area contributed by atoms with Crippen LogP contribution in [0.4, 0.5) is 0 Å². The molecule has 0 aromatic heterocycles. The zero-order chi connectivity index (χ0) is 14.6. The Morgan fingerprint density at radius 3 is 2.45 bits per heavy atom. The second-order valence-corrected chi connectivity index (χ2v) is 8.10. The minimum absolute atomic E-state index is 0.0810. The van der Waals surface area contributed by atoms with E-state index in [0.717, 1.165) is 6.42 Å². The van der Waals surface area contributed by atoms with Crippen molar-refractivity contribution in [3.8, 4) is 0 Å². The highest BCUT2D eigenvalue weighted by Crippen LogP contribution is 2.29. The Labute approximate surface area is 124 Å². The lowest BCUT2D eigenvalue weighted by Crippen LogP contribution is -2.38. The third kappa shape index (κ3) is 3.90. The summed E-state index contributed by atoms with van der Waals surface area (Å²) in [5, 5.41) is 0. The van der Waals surface area contributed by atoms with Crippen molar-refractivity contribution in [3.63, 3.8) is 0 Å². The normalized spacial score (nSPS) is 21.6. The average Bonchev–Trinajstić information content (AvgIpc) is 2.45. The van der Waals surface area contributed by atoms with Crippen LogP contribution in [0.25, 0.3) is 0 Å². The molecule has 2 rings (SSSR count). The van der Waals surface area contributed by atoms with Crippen LogP contribution in [-0.4, -0.2) is 8.96 Å². The van der Waals surface area contributed by atoms with Gasteiger partial charge in [-0.3, -0.25) is 0 Å². The topological polar surface area (TPSA) is 29.1 Å². The molecule has 20 heavy (non-hydrogen) atoms. The minimum Gasteiger partial charge on any atom is -0.242 e. The molecule has 108 valence electrons. The largest absolute Gasteiger partial charge is 0.242 e. The summed E-state index contributed by atoms with van der Waals surface area (Å²) in [7, 11) is -1.08. The van der Waals surface area contributed by atoms with Gasteiger partial charge in [-0.2, -0.15) is 0 Å². The zero-order valence-corrected chi connectivity index (χ0v) is 13.2. The Bertz CT molecular complexity index is 514. The molecule has 0 fully saturated rings. The van der Waals surface area contributed by atoms with Gasteiger partial charge in [0.2, 0.25) is 0 Å². The van der Waals surface area contributed by atoms with Gasteiger partial charge in [-0.25, -0.2) is 8.93 Å². The molecule has 0 heterocycles. The molecular weight excluding hydrogens is 266 g/mol. The van der Waals surface area contributed by atoms with E-state index in [-0.39, 0.29) is 10.8 Å². The maximum absolute atomic E-state index is 12.4. The predicted molar refractivity (Wildman–Crippen MR) is 86.6 cm³/mol. The molecule has 1 aliphatic rings. The standard InChI is InChI=1S/C17H23NOS/c1-17(2,3)20(19)18-16(14-10-6-4-7-11-14)15-12-8-5-9-13-15/h4-12,15-16,18H,13H2,1-3H3/t15-,16+,20-/m0/s1. The lowest BCUT2D eigenvalue weighted by atomic mass is 9.89. The van der Waals surface area contributed by atoms with Crippen LogP contribution in [0.1, 0.15) is 38.8 Å². The number of nitrogens with one attached hydrogen (secondary N) is 1. The van der Waals surface area contributed by atoms with E-state index in [0.29, 0.717) is 5.92 Å². The fourth-order valence-corrected chi connectivity index (χ4v) is 3.10. The van der Waals surface area contributed by atoms with E-state index < -0.39 is 11.0 Å². The Morgan fingerprint density at radius 2 is 1.90 bits per heavy atom. The van der Waals surface area contributed by atoms with Crippen molar-refractivity contribution in [1.82, 2.24) is 4.72 Å². The van der Waals surface area contributed by atoms with E-state index >= 15 is 0 Å². The van der Waals surface area contributed by atoms with Crippen molar-refractivity contribution in [2.75, 3.05) is 0 Å². The highest BCUT2D eigenvalue weighted by Gasteiger charge is 2.27. The van der Waals surface area contributed by atoms with Gasteiger partial charge >= 0.3 is 0 Å². The van der Waals surface area contributed by atoms with Crippen molar-refractivity contribution in [2.24, 2.45) is 5.92 Å². The smallest absolute Gasteiger partial charge is 0.0976 e. The van der Waals surface area contributed by atoms with Crippen LogP contribution in [0, 0.1) is 5.92 Å². The number of benzene rings is 1. The summed E-state index contributed by atoms with van der Waals surface area (Å²) < 4.78 is 15.5. The predicted octanol–water partition coefficient (Wildman–Crippen LogP) is 3.91. The van der Waals surface area contributed by atoms with Crippen molar-refractivity contribution < 1.29 is 4.21 Å². The van der Waals surface area contributed by atoms with Gasteiger partial charge in [0.15, 0.2) is 0 Å². The van der Waals surface area contributed by atoms with Crippen LogP contribution in [0.15, 0.2) is 54.6 Å². The summed E-state index contributed by atoms with van der Waals surface area (Å²) in [6.07, 6.45) is 9.49. The second-order valence-electron chi connectivity index (χ2n) is 6.10. The summed E-state index contributed by atoms with van der Waals surface area (Å²) in [5.74, 6) is 0.341. The molecule has 1 aliphatic carbocycles. The minimum atomic E-state index is -1.08. The van der Waals surface area contributed by atoms with Crippen LogP contribution in [0.5, 0.6) is 0 Å². The van der Waals surface area contributed by atoms with E-state index in [1.165, 1.54) is 5.56 Å². The van der Waals surface area contributed by atoms with Crippen LogP contribution < -0.4 is 4.72 Å². The molecule has 1 aromatic carbocycles. The molecule has 0 saturated carbocycles. The fraction of sp³-hybridized carbons (Fsp3) is 0.412. The van der Waals surface area contributed by atoms with Crippen LogP contribution in [0.2, 0.25) is 0 Å². The van der Waals surface area contributed by atoms with Crippen LogP contribution in [-0.2, 0) is 11.0 Å². The summed E-state index contributed by atoms with van der Waals surface area (Å²) in [6, 6.07) is 10.4. The van der Waals surface area contributed by atoms with E-state index in [4.69, 9.17) is 0 Å². The molecule has 3 atom stereocenters. The maximum atomic E-state index is 12.4. The first-order valence-electron chi connectivity index (χ1n) is 7.05. The van der Waals surface area contributed by atoms with Gasteiger partial charge in [0.1, 0.15) is 0 Å². The van der Waals surface area contributed by atoms with Crippen molar-refractivity contribution in [1.29, 1.82) is 0 Å². The van der Waals surface area contributed by atoms with Gasteiger partial charge in [0, 0.05) is 5.92 Å². The first kappa shape index (κ1) is 15.2. The Balaban J connectivity index is 2.23. The molecule has 2 nitrogen and oxygen atoms in total. The average molecular weight is 289 g/mol. The monoisotopic (exact) mass is 289 g/mol. The van der Waals surface area contributed by atoms with Gasteiger partial charge in [-0.1, -0.05) is 54.6 Å². The van der Waals surface area contributed by atoms with Crippen LogP contribution in [0.3, 0.4) is 0 Å². The van der Waals surface area contributed by atoms with E-state index in [1.807, 2.05) is 39.0 Å². The quantitative estimate of drug-likeness (QED) is 0.894. The highest BCUT2D eigenvalue weighted by atomic mass is 32.2. The molecule has 0 amide bonds. The van der Waals surface area contributed by atoms with Crippen molar-refractivity contribution in [3.05, 3.63) is 60.2 Å². The summed E-state index contributed by atoms with van der Waals surface area (Å²) in [4.78, 5) is 0. The van der Waals surface area contributed by atoms with E-state index in [9.17, 15) is 4.21 Å². The second kappa shape index (κ2) is 6.51. The Kier molecular flexibility index (Phi) is 4.95. The Morgan fingerprint density at radius 1 is 1.20 bits per heavy atom. The molecule has 1 N–H and O–H groups in total. The summed E-state index contributed by atoms with van der Waals surface area (Å²) >= 11 is 0. The van der Waals surface area contributed by atoms with Gasteiger partial charge in [0.25, 0.3) is 0 Å². The molecule has 3 heteroatoms. The van der Waals surface area contributed by atoms with Gasteiger partial charge in [-0.05, 0) is 32.8 Å². The first-order valence-corrected chi connectivity index (χ1v) is 8.20. The summed E-state index contributed by atoms with van der Waals surface area (Å²) in [5.41, 5.74) is 1.19.